The Morgan fingerprint density at radius 1 is 1.40 bits per heavy atom. The molecule has 1 atom stereocenters. The van der Waals surface area contributed by atoms with Crippen LogP contribution >= 0.6 is 11.3 Å². The number of hydrogen-bond acceptors (Lipinski definition) is 5. The van der Waals surface area contributed by atoms with E-state index in [1.165, 1.54) is 4.70 Å². The largest absolute Gasteiger partial charge is 0.273 e. The summed E-state index contributed by atoms with van der Waals surface area (Å²) < 4.78 is 3.07. The number of para-hydroxylation sites is 1. The molecule has 0 saturated heterocycles. The van der Waals surface area contributed by atoms with Crippen molar-refractivity contribution >= 4 is 21.6 Å². The van der Waals surface area contributed by atoms with E-state index < -0.39 is 0 Å². The third-order valence-corrected chi connectivity index (χ3v) is 4.63. The lowest BCUT2D eigenvalue weighted by Crippen LogP contribution is -2.29. The van der Waals surface area contributed by atoms with Gasteiger partial charge >= 0.3 is 0 Å². The number of nitrogens with one attached hydrogen (secondary N) is 1. The van der Waals surface area contributed by atoms with Gasteiger partial charge in [0, 0.05) is 24.7 Å². The summed E-state index contributed by atoms with van der Waals surface area (Å²) in [4.78, 5) is 4.66. The van der Waals surface area contributed by atoms with Gasteiger partial charge in [-0.2, -0.15) is 5.10 Å². The molecule has 0 amide bonds. The van der Waals surface area contributed by atoms with Crippen molar-refractivity contribution in [2.75, 3.05) is 0 Å². The second-order valence-electron chi connectivity index (χ2n) is 4.81. The molecule has 2 aromatic heterocycles. The molecule has 1 unspecified atom stereocenters. The van der Waals surface area contributed by atoms with Gasteiger partial charge in [-0.25, -0.2) is 4.98 Å². The van der Waals surface area contributed by atoms with Crippen LogP contribution in [0.3, 0.4) is 0 Å². The second kappa shape index (κ2) is 5.32. The average Bonchev–Trinajstić information content (AvgIpc) is 3.01. The molecular formula is C14H17N5S. The first-order valence-electron chi connectivity index (χ1n) is 6.48. The number of hydrazine groups is 1. The van der Waals surface area contributed by atoms with Gasteiger partial charge in [-0.15, -0.1) is 11.3 Å². The minimum absolute atomic E-state index is 0.0317. The number of hydrogen-bond donors (Lipinski definition) is 2. The van der Waals surface area contributed by atoms with Gasteiger partial charge in [0.15, 0.2) is 0 Å². The predicted molar refractivity (Wildman–Crippen MR) is 81.3 cm³/mol. The van der Waals surface area contributed by atoms with E-state index in [9.17, 15) is 0 Å². The molecule has 5 nitrogen and oxygen atoms in total. The highest BCUT2D eigenvalue weighted by Crippen LogP contribution is 2.26. The molecule has 3 rings (SSSR count). The van der Waals surface area contributed by atoms with Crippen LogP contribution in [0.5, 0.6) is 0 Å². The normalized spacial score (nSPS) is 12.9. The lowest BCUT2D eigenvalue weighted by molar-refractivity contribution is 0.547. The summed E-state index contributed by atoms with van der Waals surface area (Å²) in [6.45, 7) is 2.05. The van der Waals surface area contributed by atoms with Crippen molar-refractivity contribution in [3.05, 3.63) is 46.7 Å². The molecule has 0 aliphatic heterocycles. The number of nitrogens with two attached hydrogens (primary N) is 1. The first-order chi connectivity index (χ1) is 9.69. The molecule has 20 heavy (non-hydrogen) atoms. The highest BCUT2D eigenvalue weighted by molar-refractivity contribution is 7.18. The van der Waals surface area contributed by atoms with Crippen molar-refractivity contribution < 1.29 is 0 Å². The third-order valence-electron chi connectivity index (χ3n) is 3.57. The van der Waals surface area contributed by atoms with Crippen LogP contribution in [0.1, 0.15) is 22.3 Å². The highest BCUT2D eigenvalue weighted by Gasteiger charge is 2.17. The zero-order chi connectivity index (χ0) is 14.1. The molecular weight excluding hydrogens is 270 g/mol. The molecule has 3 N–H and O–H groups in total. The Morgan fingerprint density at radius 2 is 2.20 bits per heavy atom. The van der Waals surface area contributed by atoms with Crippen molar-refractivity contribution in [2.24, 2.45) is 12.9 Å². The van der Waals surface area contributed by atoms with E-state index in [2.05, 4.69) is 21.6 Å². The Bertz CT molecular complexity index is 697. The number of aryl methyl sites for hydroxylation is 1. The summed E-state index contributed by atoms with van der Waals surface area (Å²) in [5.41, 5.74) is 6.17. The van der Waals surface area contributed by atoms with Gasteiger partial charge in [-0.05, 0) is 19.1 Å². The molecule has 6 heteroatoms. The van der Waals surface area contributed by atoms with Crippen molar-refractivity contribution in [1.29, 1.82) is 0 Å². The summed E-state index contributed by atoms with van der Waals surface area (Å²) in [5, 5.41) is 5.35. The van der Waals surface area contributed by atoms with E-state index in [1.54, 1.807) is 11.3 Å². The summed E-state index contributed by atoms with van der Waals surface area (Å²) in [5.74, 6) is 5.71. The van der Waals surface area contributed by atoms with Gasteiger partial charge in [-0.1, -0.05) is 12.1 Å². The molecule has 0 radical (unpaired) electrons. The molecule has 0 fully saturated rings. The summed E-state index contributed by atoms with van der Waals surface area (Å²) >= 11 is 1.71. The lowest BCUT2D eigenvalue weighted by Gasteiger charge is -2.14. The topological polar surface area (TPSA) is 68.8 Å². The molecule has 0 saturated carbocycles. The van der Waals surface area contributed by atoms with E-state index in [0.29, 0.717) is 0 Å². The number of nitrogens with zero attached hydrogens (tertiary/aromatic N) is 3. The lowest BCUT2D eigenvalue weighted by atomic mass is 10.1. The number of fused-ring (bicyclic) bond motifs is 1. The molecule has 104 valence electrons. The van der Waals surface area contributed by atoms with Gasteiger partial charge in [0.1, 0.15) is 0 Å². The van der Waals surface area contributed by atoms with Crippen LogP contribution in [0.15, 0.2) is 30.5 Å². The molecule has 3 aromatic rings. The fourth-order valence-electron chi connectivity index (χ4n) is 2.30. The molecule has 0 aliphatic carbocycles. The standard InChI is InChI=1S/C14H17N5S/c1-9-10(8-16-19(9)2)12(18-15)7-14-17-11-5-3-4-6-13(11)20-14/h3-6,8,12,18H,7,15H2,1-2H3. The minimum atomic E-state index is 0.0317. The fraction of sp³-hybridized carbons (Fsp3) is 0.286. The zero-order valence-electron chi connectivity index (χ0n) is 11.5. The van der Waals surface area contributed by atoms with Crippen molar-refractivity contribution in [2.45, 2.75) is 19.4 Å². The Labute approximate surface area is 121 Å². The zero-order valence-corrected chi connectivity index (χ0v) is 12.3. The number of thiazole rings is 1. The maximum absolute atomic E-state index is 5.71. The van der Waals surface area contributed by atoms with Crippen molar-refractivity contribution in [3.8, 4) is 0 Å². The summed E-state index contributed by atoms with van der Waals surface area (Å²) in [6, 6.07) is 8.21. The fourth-order valence-corrected chi connectivity index (χ4v) is 3.31. The van der Waals surface area contributed by atoms with Crippen LogP contribution < -0.4 is 11.3 Å². The smallest absolute Gasteiger partial charge is 0.0958 e. The van der Waals surface area contributed by atoms with E-state index in [1.807, 2.05) is 43.0 Å². The molecule has 0 spiro atoms. The van der Waals surface area contributed by atoms with Crippen LogP contribution in [-0.4, -0.2) is 14.8 Å². The Morgan fingerprint density at radius 3 is 2.85 bits per heavy atom. The maximum Gasteiger partial charge on any atom is 0.0958 e. The first-order valence-corrected chi connectivity index (χ1v) is 7.29. The predicted octanol–water partition coefficient (Wildman–Crippen LogP) is 2.09. The van der Waals surface area contributed by atoms with Gasteiger partial charge in [0.25, 0.3) is 0 Å². The van der Waals surface area contributed by atoms with Crippen LogP contribution in [0.2, 0.25) is 0 Å². The van der Waals surface area contributed by atoms with E-state index in [4.69, 9.17) is 5.84 Å². The number of benzene rings is 1. The third kappa shape index (κ3) is 2.33. The molecule has 2 heterocycles. The van der Waals surface area contributed by atoms with Gasteiger partial charge < -0.3 is 0 Å². The van der Waals surface area contributed by atoms with Crippen molar-refractivity contribution in [3.63, 3.8) is 0 Å². The van der Waals surface area contributed by atoms with Gasteiger partial charge in [0.05, 0.1) is 27.5 Å². The summed E-state index contributed by atoms with van der Waals surface area (Å²) in [7, 11) is 1.93. The first kappa shape index (κ1) is 13.2. The van der Waals surface area contributed by atoms with Crippen molar-refractivity contribution in [1.82, 2.24) is 20.2 Å². The quantitative estimate of drug-likeness (QED) is 0.569. The second-order valence-corrected chi connectivity index (χ2v) is 5.92. The molecule has 1 aromatic carbocycles. The highest BCUT2D eigenvalue weighted by atomic mass is 32.1. The Hall–Kier alpha value is -1.76. The minimum Gasteiger partial charge on any atom is -0.273 e. The average molecular weight is 287 g/mol. The van der Waals surface area contributed by atoms with Crippen LogP contribution in [0.4, 0.5) is 0 Å². The van der Waals surface area contributed by atoms with Gasteiger partial charge in [0.2, 0.25) is 0 Å². The van der Waals surface area contributed by atoms with Gasteiger partial charge in [-0.3, -0.25) is 16.0 Å². The summed E-state index contributed by atoms with van der Waals surface area (Å²) in [6.07, 6.45) is 2.63. The SMILES string of the molecule is Cc1c(C(Cc2nc3ccccc3s2)NN)cnn1C. The maximum atomic E-state index is 5.71. The van der Waals surface area contributed by atoms with E-state index in [-0.39, 0.29) is 6.04 Å². The monoisotopic (exact) mass is 287 g/mol. The molecule has 0 aliphatic rings. The number of aromatic nitrogens is 3. The van der Waals surface area contributed by atoms with E-state index in [0.717, 1.165) is 28.2 Å². The Balaban J connectivity index is 1.89. The Kier molecular flexibility index (Phi) is 3.52. The van der Waals surface area contributed by atoms with E-state index >= 15 is 0 Å². The van der Waals surface area contributed by atoms with Crippen LogP contribution in [0.25, 0.3) is 10.2 Å². The molecule has 0 bridgehead atoms. The number of rotatable bonds is 4. The van der Waals surface area contributed by atoms with Crippen LogP contribution in [-0.2, 0) is 13.5 Å². The van der Waals surface area contributed by atoms with Crippen LogP contribution in [0, 0.1) is 6.92 Å².